The van der Waals surface area contributed by atoms with Gasteiger partial charge in [0.15, 0.2) is 0 Å². The van der Waals surface area contributed by atoms with Crippen molar-refractivity contribution in [1.82, 2.24) is 4.90 Å². The van der Waals surface area contributed by atoms with Crippen LogP contribution < -0.4 is 4.74 Å². The third-order valence-corrected chi connectivity index (χ3v) is 6.05. The Morgan fingerprint density at radius 2 is 1.50 bits per heavy atom. The lowest BCUT2D eigenvalue weighted by molar-refractivity contribution is 0.112. The van der Waals surface area contributed by atoms with Crippen LogP contribution in [0.25, 0.3) is 21.5 Å². The van der Waals surface area contributed by atoms with Crippen molar-refractivity contribution in [1.29, 1.82) is 0 Å². The average molecular weight is 408 g/mol. The molecular weight excluding hydrogens is 370 g/mol. The van der Waals surface area contributed by atoms with Gasteiger partial charge in [-0.3, -0.25) is 0 Å². The van der Waals surface area contributed by atoms with Crippen LogP contribution in [-0.4, -0.2) is 36.8 Å². The molecule has 0 fully saturated rings. The molecule has 0 saturated carbocycles. The summed E-state index contributed by atoms with van der Waals surface area (Å²) in [5.74, 6) is 0.860. The van der Waals surface area contributed by atoms with Crippen LogP contribution in [-0.2, 0) is 0 Å². The Hall–Kier alpha value is -2.10. The summed E-state index contributed by atoms with van der Waals surface area (Å²) in [4.78, 5) is 2.46. The molecule has 162 valence electrons. The first-order valence-corrected chi connectivity index (χ1v) is 11.6. The number of hydrogen-bond donors (Lipinski definition) is 1. The molecule has 3 aromatic carbocycles. The molecule has 3 aromatic rings. The lowest BCUT2D eigenvalue weighted by atomic mass is 9.94. The van der Waals surface area contributed by atoms with Crippen molar-refractivity contribution in [3.05, 3.63) is 54.1 Å². The molecule has 0 heterocycles. The van der Waals surface area contributed by atoms with Crippen LogP contribution in [0.5, 0.6) is 5.75 Å². The lowest BCUT2D eigenvalue weighted by Gasteiger charge is -2.26. The highest BCUT2D eigenvalue weighted by Crippen LogP contribution is 2.34. The van der Waals surface area contributed by atoms with Gasteiger partial charge in [0.1, 0.15) is 5.75 Å². The standard InChI is InChI=1S/C27H37NO2/c1-4-6-10-16-28(17-11-7-5-2)20-27(29)26-18-21-14-15-22(30-3)19-25(21)23-12-8-9-13-24(23)26/h8-9,12-15,18-19,27,29H,4-7,10-11,16-17,20H2,1-3H3. The highest BCUT2D eigenvalue weighted by Gasteiger charge is 2.17. The van der Waals surface area contributed by atoms with Crippen molar-refractivity contribution in [2.45, 2.75) is 58.5 Å². The van der Waals surface area contributed by atoms with Gasteiger partial charge < -0.3 is 14.7 Å². The molecule has 0 radical (unpaired) electrons. The monoisotopic (exact) mass is 407 g/mol. The molecule has 0 aliphatic carbocycles. The van der Waals surface area contributed by atoms with Crippen molar-refractivity contribution in [3.63, 3.8) is 0 Å². The average Bonchev–Trinajstić information content (AvgIpc) is 2.78. The predicted molar refractivity (Wildman–Crippen MR) is 128 cm³/mol. The largest absolute Gasteiger partial charge is 0.497 e. The number of benzene rings is 3. The maximum atomic E-state index is 11.3. The van der Waals surface area contributed by atoms with Crippen LogP contribution in [0.3, 0.4) is 0 Å². The van der Waals surface area contributed by atoms with Crippen LogP contribution in [0.1, 0.15) is 64.0 Å². The molecule has 30 heavy (non-hydrogen) atoms. The summed E-state index contributed by atoms with van der Waals surface area (Å²) < 4.78 is 5.44. The first kappa shape index (κ1) is 22.6. The fourth-order valence-corrected chi connectivity index (χ4v) is 4.32. The topological polar surface area (TPSA) is 32.7 Å². The summed E-state index contributed by atoms with van der Waals surface area (Å²) in [6.45, 7) is 7.31. The van der Waals surface area contributed by atoms with Gasteiger partial charge in [-0.1, -0.05) is 69.9 Å². The number of aliphatic hydroxyl groups excluding tert-OH is 1. The Kier molecular flexibility index (Phi) is 8.53. The Morgan fingerprint density at radius 3 is 2.13 bits per heavy atom. The van der Waals surface area contributed by atoms with E-state index in [1.807, 2.05) is 6.07 Å². The normalized spacial score (nSPS) is 12.7. The number of methoxy groups -OCH3 is 1. The summed E-state index contributed by atoms with van der Waals surface area (Å²) in [6.07, 6.45) is 6.86. The van der Waals surface area contributed by atoms with E-state index >= 15 is 0 Å². The zero-order valence-corrected chi connectivity index (χ0v) is 18.9. The van der Waals surface area contributed by atoms with E-state index in [1.54, 1.807) is 7.11 Å². The Labute approximate surface area is 181 Å². The van der Waals surface area contributed by atoms with Crippen molar-refractivity contribution >= 4 is 21.5 Å². The van der Waals surface area contributed by atoms with E-state index in [1.165, 1.54) is 49.3 Å². The third kappa shape index (κ3) is 5.53. The van der Waals surface area contributed by atoms with Gasteiger partial charge in [-0.2, -0.15) is 0 Å². The number of hydrogen-bond acceptors (Lipinski definition) is 3. The fraction of sp³-hybridized carbons (Fsp3) is 0.481. The van der Waals surface area contributed by atoms with E-state index in [2.05, 4.69) is 61.2 Å². The molecule has 0 spiro atoms. The minimum absolute atomic E-state index is 0.496. The Morgan fingerprint density at radius 1 is 0.833 bits per heavy atom. The van der Waals surface area contributed by atoms with E-state index in [-0.39, 0.29) is 0 Å². The van der Waals surface area contributed by atoms with E-state index in [9.17, 15) is 5.11 Å². The molecule has 1 unspecified atom stereocenters. The summed E-state index contributed by atoms with van der Waals surface area (Å²) in [5.41, 5.74) is 1.03. The number of fused-ring (bicyclic) bond motifs is 3. The predicted octanol–water partition coefficient (Wildman–Crippen LogP) is 6.72. The maximum Gasteiger partial charge on any atom is 0.119 e. The molecule has 1 atom stereocenters. The number of aliphatic hydroxyl groups is 1. The van der Waals surface area contributed by atoms with Gasteiger partial charge in [0.25, 0.3) is 0 Å². The molecule has 0 aromatic heterocycles. The molecule has 0 amide bonds. The first-order chi connectivity index (χ1) is 14.7. The van der Waals surface area contributed by atoms with E-state index in [0.717, 1.165) is 35.2 Å². The number of unbranched alkanes of at least 4 members (excludes halogenated alkanes) is 4. The highest BCUT2D eigenvalue weighted by molar-refractivity contribution is 6.09. The van der Waals surface area contributed by atoms with Gasteiger partial charge in [0, 0.05) is 6.54 Å². The lowest BCUT2D eigenvalue weighted by Crippen LogP contribution is -2.31. The zero-order chi connectivity index (χ0) is 21.3. The van der Waals surface area contributed by atoms with Gasteiger partial charge in [-0.25, -0.2) is 0 Å². The number of ether oxygens (including phenoxy) is 1. The molecule has 3 nitrogen and oxygen atoms in total. The van der Waals surface area contributed by atoms with E-state index < -0.39 is 6.10 Å². The summed E-state index contributed by atoms with van der Waals surface area (Å²) in [6, 6.07) is 16.8. The molecule has 0 aliphatic heterocycles. The van der Waals surface area contributed by atoms with E-state index in [0.29, 0.717) is 6.54 Å². The minimum Gasteiger partial charge on any atom is -0.497 e. The van der Waals surface area contributed by atoms with Gasteiger partial charge in [0.2, 0.25) is 0 Å². The molecule has 0 aliphatic rings. The van der Waals surface area contributed by atoms with E-state index in [4.69, 9.17) is 4.74 Å². The second-order valence-electron chi connectivity index (χ2n) is 8.33. The van der Waals surface area contributed by atoms with Gasteiger partial charge >= 0.3 is 0 Å². The molecule has 0 bridgehead atoms. The summed E-state index contributed by atoms with van der Waals surface area (Å²) >= 11 is 0. The second kappa shape index (κ2) is 11.3. The van der Waals surface area contributed by atoms with Crippen molar-refractivity contribution in [3.8, 4) is 5.75 Å². The van der Waals surface area contributed by atoms with Crippen LogP contribution >= 0.6 is 0 Å². The zero-order valence-electron chi connectivity index (χ0n) is 18.9. The first-order valence-electron chi connectivity index (χ1n) is 11.6. The van der Waals surface area contributed by atoms with Crippen molar-refractivity contribution in [2.24, 2.45) is 0 Å². The number of rotatable bonds is 12. The van der Waals surface area contributed by atoms with Gasteiger partial charge in [0.05, 0.1) is 13.2 Å². The van der Waals surface area contributed by atoms with Crippen LogP contribution in [0.2, 0.25) is 0 Å². The van der Waals surface area contributed by atoms with Crippen LogP contribution in [0.4, 0.5) is 0 Å². The third-order valence-electron chi connectivity index (χ3n) is 6.05. The SMILES string of the molecule is CCCCCN(CCCCC)CC(O)c1cc2ccc(OC)cc2c2ccccc12. The highest BCUT2D eigenvalue weighted by atomic mass is 16.5. The van der Waals surface area contributed by atoms with Crippen LogP contribution in [0, 0.1) is 0 Å². The smallest absolute Gasteiger partial charge is 0.119 e. The molecule has 3 heteroatoms. The maximum absolute atomic E-state index is 11.3. The number of nitrogens with zero attached hydrogens (tertiary/aromatic N) is 1. The minimum atomic E-state index is -0.496. The van der Waals surface area contributed by atoms with Gasteiger partial charge in [-0.05, 0) is 71.2 Å². The summed E-state index contributed by atoms with van der Waals surface area (Å²) in [7, 11) is 1.70. The van der Waals surface area contributed by atoms with Crippen molar-refractivity contribution in [2.75, 3.05) is 26.7 Å². The van der Waals surface area contributed by atoms with Gasteiger partial charge in [-0.15, -0.1) is 0 Å². The second-order valence-corrected chi connectivity index (χ2v) is 8.33. The molecule has 3 rings (SSSR count). The summed E-state index contributed by atoms with van der Waals surface area (Å²) in [5, 5.41) is 15.9. The molecule has 1 N–H and O–H groups in total. The fourth-order valence-electron chi connectivity index (χ4n) is 4.32. The van der Waals surface area contributed by atoms with Crippen LogP contribution in [0.15, 0.2) is 48.5 Å². The van der Waals surface area contributed by atoms with Crippen molar-refractivity contribution < 1.29 is 9.84 Å². The Bertz CT molecular complexity index is 927. The Balaban J connectivity index is 1.90. The quantitative estimate of drug-likeness (QED) is 0.267. The molecule has 0 saturated heterocycles. The molecular formula is C27H37NO2.